The van der Waals surface area contributed by atoms with Crippen molar-refractivity contribution in [2.45, 2.75) is 69.2 Å². The average molecular weight is 542 g/mol. The average Bonchev–Trinajstić information content (AvgIpc) is 3.08. The molecule has 1 fully saturated rings. The standard InChI is InChI=1S/C27H30N2STe/c1-17-23-25(30-26(17)31-20-11-6-5-7-12-20)24(29-16-28-23)19-14-18-10-8-9-13-21(18)22(15-19)27(2,3)4/h8-10,13-16,20H,5-7,11-12H2,1-4H3. The minimum atomic E-state index is -0.161. The van der Waals surface area contributed by atoms with E-state index in [0.717, 1.165) is 9.66 Å². The van der Waals surface area contributed by atoms with Gasteiger partial charge in [0.15, 0.2) is 0 Å². The van der Waals surface area contributed by atoms with E-state index < -0.39 is 0 Å². The van der Waals surface area contributed by atoms with Crippen molar-refractivity contribution in [1.29, 1.82) is 0 Å². The first-order valence-corrected chi connectivity index (χ1v) is 14.7. The van der Waals surface area contributed by atoms with Crippen LogP contribution in [0.25, 0.3) is 32.2 Å². The minimum absolute atomic E-state index is 0.0751. The van der Waals surface area contributed by atoms with Crippen molar-refractivity contribution in [3.8, 4) is 11.3 Å². The third-order valence-corrected chi connectivity index (χ3v) is 12.7. The van der Waals surface area contributed by atoms with Gasteiger partial charge in [-0.15, -0.1) is 0 Å². The quantitative estimate of drug-likeness (QED) is 0.256. The number of hydrogen-bond acceptors (Lipinski definition) is 3. The molecule has 0 spiro atoms. The van der Waals surface area contributed by atoms with Crippen LogP contribution in [0.3, 0.4) is 0 Å². The number of hydrogen-bond donors (Lipinski definition) is 0. The van der Waals surface area contributed by atoms with Crippen LogP contribution in [0.1, 0.15) is 64.0 Å². The van der Waals surface area contributed by atoms with Crippen LogP contribution >= 0.6 is 11.3 Å². The molecule has 0 N–H and O–H groups in total. The third kappa shape index (κ3) is 4.15. The third-order valence-electron chi connectivity index (χ3n) is 6.43. The molecule has 1 aliphatic carbocycles. The SMILES string of the molecule is Cc1c([Te]C2CCCCC2)sc2c(-c3cc(C(C)(C)C)c4ccccc4c3)ncnc12. The second kappa shape index (κ2) is 8.47. The van der Waals surface area contributed by atoms with Crippen LogP contribution in [0.2, 0.25) is 3.97 Å². The van der Waals surface area contributed by atoms with Gasteiger partial charge >= 0.3 is 200 Å². The van der Waals surface area contributed by atoms with Gasteiger partial charge in [0.1, 0.15) is 0 Å². The summed E-state index contributed by atoms with van der Waals surface area (Å²) in [5, 5.41) is 2.64. The zero-order valence-corrected chi connectivity index (χ0v) is 22.0. The molecule has 0 unspecified atom stereocenters. The summed E-state index contributed by atoms with van der Waals surface area (Å²) < 4.78 is 3.90. The Kier molecular flexibility index (Phi) is 5.84. The Morgan fingerprint density at radius 2 is 1.77 bits per heavy atom. The molecule has 0 bridgehead atoms. The molecule has 2 aromatic heterocycles. The predicted octanol–water partition coefficient (Wildman–Crippen LogP) is 7.20. The summed E-state index contributed by atoms with van der Waals surface area (Å²) in [5.74, 6) is 0. The molecule has 0 atom stereocenters. The van der Waals surface area contributed by atoms with Crippen LogP contribution in [0.5, 0.6) is 0 Å². The van der Waals surface area contributed by atoms with E-state index in [1.807, 2.05) is 11.3 Å². The topological polar surface area (TPSA) is 25.8 Å². The van der Waals surface area contributed by atoms with Crippen molar-refractivity contribution >= 4 is 56.2 Å². The van der Waals surface area contributed by atoms with E-state index in [2.05, 4.69) is 64.1 Å². The molecule has 5 rings (SSSR count). The summed E-state index contributed by atoms with van der Waals surface area (Å²) >= 11 is 1.83. The molecule has 4 aromatic rings. The molecular weight excluding hydrogens is 512 g/mol. The van der Waals surface area contributed by atoms with Gasteiger partial charge in [-0.1, -0.05) is 0 Å². The van der Waals surface area contributed by atoms with Gasteiger partial charge in [-0.3, -0.25) is 0 Å². The Hall–Kier alpha value is -1.47. The van der Waals surface area contributed by atoms with Gasteiger partial charge in [-0.2, -0.15) is 0 Å². The fourth-order valence-corrected chi connectivity index (χ4v) is 11.1. The summed E-state index contributed by atoms with van der Waals surface area (Å²) in [6.45, 7) is 9.20. The first kappa shape index (κ1) is 21.4. The fourth-order valence-electron chi connectivity index (χ4n) is 4.72. The van der Waals surface area contributed by atoms with E-state index in [-0.39, 0.29) is 26.3 Å². The van der Waals surface area contributed by atoms with Crippen molar-refractivity contribution in [2.75, 3.05) is 0 Å². The van der Waals surface area contributed by atoms with E-state index in [1.165, 1.54) is 69.8 Å². The maximum atomic E-state index is 4.82. The monoisotopic (exact) mass is 544 g/mol. The molecular formula is C27H30N2STe. The van der Waals surface area contributed by atoms with Gasteiger partial charge in [-0.25, -0.2) is 0 Å². The Bertz CT molecular complexity index is 1250. The van der Waals surface area contributed by atoms with Crippen LogP contribution in [-0.4, -0.2) is 30.9 Å². The maximum absolute atomic E-state index is 4.82. The second-order valence-corrected chi connectivity index (χ2v) is 15.4. The second-order valence-electron chi connectivity index (χ2n) is 9.79. The molecule has 160 valence electrons. The molecule has 2 nitrogen and oxygen atoms in total. The zero-order chi connectivity index (χ0) is 21.6. The Morgan fingerprint density at radius 3 is 2.55 bits per heavy atom. The van der Waals surface area contributed by atoms with Gasteiger partial charge in [0.2, 0.25) is 0 Å². The number of fused-ring (bicyclic) bond motifs is 2. The Morgan fingerprint density at radius 1 is 1.00 bits per heavy atom. The van der Waals surface area contributed by atoms with Crippen molar-refractivity contribution in [3.63, 3.8) is 0 Å². The molecule has 0 amide bonds. The van der Waals surface area contributed by atoms with Crippen LogP contribution in [0.15, 0.2) is 42.7 Å². The number of thiophene rings is 1. The summed E-state index contributed by atoms with van der Waals surface area (Å²) in [6, 6.07) is 13.4. The number of benzene rings is 2. The molecule has 0 aliphatic heterocycles. The van der Waals surface area contributed by atoms with Crippen molar-refractivity contribution < 1.29 is 0 Å². The van der Waals surface area contributed by atoms with Gasteiger partial charge in [0.25, 0.3) is 0 Å². The van der Waals surface area contributed by atoms with E-state index >= 15 is 0 Å². The molecule has 4 heteroatoms. The number of aryl methyl sites for hydroxylation is 1. The number of aromatic nitrogens is 2. The molecule has 1 aliphatic rings. The van der Waals surface area contributed by atoms with E-state index in [0.29, 0.717) is 0 Å². The summed E-state index contributed by atoms with van der Waals surface area (Å²) in [6.07, 6.45) is 8.94. The van der Waals surface area contributed by atoms with E-state index in [1.54, 1.807) is 9.25 Å². The van der Waals surface area contributed by atoms with Crippen LogP contribution < -0.4 is 2.93 Å². The van der Waals surface area contributed by atoms with Gasteiger partial charge in [0.05, 0.1) is 0 Å². The molecule has 2 aromatic carbocycles. The van der Waals surface area contributed by atoms with Gasteiger partial charge in [-0.05, 0) is 0 Å². The number of rotatable bonds is 3. The van der Waals surface area contributed by atoms with E-state index in [4.69, 9.17) is 9.97 Å². The summed E-state index contributed by atoms with van der Waals surface area (Å²) in [5.41, 5.74) is 6.40. The molecule has 0 saturated heterocycles. The van der Waals surface area contributed by atoms with Crippen molar-refractivity contribution in [3.05, 3.63) is 53.9 Å². The normalized spacial score (nSPS) is 15.7. The summed E-state index contributed by atoms with van der Waals surface area (Å²) in [7, 11) is 0. The molecule has 2 heterocycles. The van der Waals surface area contributed by atoms with Crippen LogP contribution in [-0.2, 0) is 5.41 Å². The summed E-state index contributed by atoms with van der Waals surface area (Å²) in [4.78, 5) is 9.56. The first-order chi connectivity index (χ1) is 14.9. The van der Waals surface area contributed by atoms with Crippen LogP contribution in [0, 0.1) is 6.92 Å². The number of nitrogens with zero attached hydrogens (tertiary/aromatic N) is 2. The molecule has 31 heavy (non-hydrogen) atoms. The van der Waals surface area contributed by atoms with E-state index in [9.17, 15) is 0 Å². The van der Waals surface area contributed by atoms with Crippen LogP contribution in [0.4, 0.5) is 0 Å². The fraction of sp³-hybridized carbons (Fsp3) is 0.407. The Balaban J connectivity index is 1.65. The van der Waals surface area contributed by atoms with Crippen molar-refractivity contribution in [1.82, 2.24) is 9.97 Å². The van der Waals surface area contributed by atoms with Crippen molar-refractivity contribution in [2.24, 2.45) is 0 Å². The first-order valence-electron chi connectivity index (χ1n) is 11.4. The zero-order valence-electron chi connectivity index (χ0n) is 18.9. The molecule has 1 saturated carbocycles. The van der Waals surface area contributed by atoms with Gasteiger partial charge < -0.3 is 0 Å². The molecule has 0 radical (unpaired) electrons. The van der Waals surface area contributed by atoms with Gasteiger partial charge in [0, 0.05) is 0 Å². The predicted molar refractivity (Wildman–Crippen MR) is 136 cm³/mol. The Labute approximate surface area is 199 Å².